The quantitative estimate of drug-likeness (QED) is 0.181. The van der Waals surface area contributed by atoms with Crippen LogP contribution in [0.2, 0.25) is 0 Å². The molecule has 2 aromatic heterocycles. The number of unbranched alkanes of at least 4 members (excludes halogenated alkanes) is 2. The van der Waals surface area contributed by atoms with Crippen LogP contribution in [-0.4, -0.2) is 32.9 Å². The van der Waals surface area contributed by atoms with Crippen LogP contribution in [0.1, 0.15) is 56.5 Å². The minimum Gasteiger partial charge on any atom is -0.340 e. The van der Waals surface area contributed by atoms with E-state index in [0.717, 1.165) is 57.0 Å². The third-order valence-electron chi connectivity index (χ3n) is 6.63. The molecule has 0 bridgehead atoms. The van der Waals surface area contributed by atoms with Crippen molar-refractivity contribution in [2.24, 2.45) is 0 Å². The first kappa shape index (κ1) is 30.2. The van der Waals surface area contributed by atoms with E-state index in [0.29, 0.717) is 34.8 Å². The Morgan fingerprint density at radius 3 is 2.10 bits per heavy atom. The Morgan fingerprint density at radius 2 is 1.49 bits per heavy atom. The fourth-order valence-corrected chi connectivity index (χ4v) is 4.47. The largest absolute Gasteiger partial charge is 0.418 e. The van der Waals surface area contributed by atoms with Crippen molar-refractivity contribution < 1.29 is 26.3 Å². The van der Waals surface area contributed by atoms with Gasteiger partial charge in [0, 0.05) is 22.8 Å². The second-order valence-electron chi connectivity index (χ2n) is 9.80. The molecule has 2 heterocycles. The molecule has 41 heavy (non-hydrogen) atoms. The van der Waals surface area contributed by atoms with E-state index in [1.165, 1.54) is 30.5 Å². The third kappa shape index (κ3) is 7.72. The number of anilines is 2. The predicted molar refractivity (Wildman–Crippen MR) is 148 cm³/mol. The highest BCUT2D eigenvalue weighted by atomic mass is 19.4. The molecule has 0 saturated carbocycles. The minimum atomic E-state index is -4.59. The van der Waals surface area contributed by atoms with Gasteiger partial charge in [0.2, 0.25) is 0 Å². The van der Waals surface area contributed by atoms with Crippen molar-refractivity contribution >= 4 is 22.4 Å². The lowest BCUT2D eigenvalue weighted by atomic mass is 10.0. The first-order chi connectivity index (χ1) is 19.5. The van der Waals surface area contributed by atoms with E-state index in [-0.39, 0.29) is 11.3 Å². The zero-order chi connectivity index (χ0) is 29.6. The van der Waals surface area contributed by atoms with Gasteiger partial charge in [-0.2, -0.15) is 26.3 Å². The second-order valence-corrected chi connectivity index (χ2v) is 9.80. The Morgan fingerprint density at radius 1 is 0.805 bits per heavy atom. The Hall–Kier alpha value is -3.73. The molecule has 0 saturated heterocycles. The number of benzene rings is 2. The maximum Gasteiger partial charge on any atom is 0.418 e. The van der Waals surface area contributed by atoms with E-state index < -0.39 is 23.5 Å². The molecule has 4 rings (SSSR count). The molecule has 0 amide bonds. The van der Waals surface area contributed by atoms with Crippen molar-refractivity contribution in [3.05, 3.63) is 77.7 Å². The van der Waals surface area contributed by atoms with Crippen LogP contribution in [0.5, 0.6) is 0 Å². The molecule has 0 aliphatic heterocycles. The van der Waals surface area contributed by atoms with Crippen molar-refractivity contribution in [3.8, 4) is 11.3 Å². The molecular formula is C30H31F6N5. The first-order valence-corrected chi connectivity index (χ1v) is 13.5. The lowest BCUT2D eigenvalue weighted by Gasteiger charge is -2.22. The van der Waals surface area contributed by atoms with Gasteiger partial charge in [0.15, 0.2) is 0 Å². The van der Waals surface area contributed by atoms with Gasteiger partial charge in [0.25, 0.3) is 0 Å². The number of fused-ring (bicyclic) bond motifs is 1. The number of aromatic nitrogens is 3. The number of rotatable bonds is 11. The van der Waals surface area contributed by atoms with E-state index in [4.69, 9.17) is 9.97 Å². The van der Waals surface area contributed by atoms with Gasteiger partial charge in [-0.1, -0.05) is 32.8 Å². The summed E-state index contributed by atoms with van der Waals surface area (Å²) < 4.78 is 80.3. The Balaban J connectivity index is 1.79. The lowest BCUT2D eigenvalue weighted by Crippen LogP contribution is -2.26. The average molecular weight is 576 g/mol. The van der Waals surface area contributed by atoms with Crippen molar-refractivity contribution in [3.63, 3.8) is 0 Å². The molecular weight excluding hydrogens is 544 g/mol. The Labute approximate surface area is 234 Å². The highest BCUT2D eigenvalue weighted by Crippen LogP contribution is 2.37. The molecule has 0 fully saturated rings. The fraction of sp³-hybridized carbons (Fsp3) is 0.367. The highest BCUT2D eigenvalue weighted by Gasteiger charge is 2.34. The molecule has 11 heteroatoms. The van der Waals surface area contributed by atoms with E-state index in [2.05, 4.69) is 29.0 Å². The van der Waals surface area contributed by atoms with Gasteiger partial charge < -0.3 is 5.32 Å². The Bertz CT molecular complexity index is 1440. The van der Waals surface area contributed by atoms with Gasteiger partial charge in [-0.3, -0.25) is 9.88 Å². The van der Waals surface area contributed by atoms with Crippen LogP contribution in [0.25, 0.3) is 22.2 Å². The van der Waals surface area contributed by atoms with Gasteiger partial charge in [-0.15, -0.1) is 0 Å². The lowest BCUT2D eigenvalue weighted by molar-refractivity contribution is -0.138. The first-order valence-electron chi connectivity index (χ1n) is 13.5. The highest BCUT2D eigenvalue weighted by molar-refractivity contribution is 5.93. The van der Waals surface area contributed by atoms with E-state index in [1.807, 2.05) is 0 Å². The van der Waals surface area contributed by atoms with Crippen LogP contribution in [0, 0.1) is 0 Å². The monoisotopic (exact) mass is 575 g/mol. The van der Waals surface area contributed by atoms with Crippen molar-refractivity contribution in [1.82, 2.24) is 19.9 Å². The standard InChI is InChI=1S/C30H31F6N5/c1-3-5-16-41(17-6-4-2)19-26-39-25-18-20(27-24(30(34,35)36)8-7-15-37-27)9-14-23(25)28(40-26)38-22-12-10-21(11-13-22)29(31,32)33/h7-15,18H,3-6,16-17,19H2,1-2H3,(H,38,39,40). The third-order valence-corrected chi connectivity index (χ3v) is 6.63. The smallest absolute Gasteiger partial charge is 0.340 e. The van der Waals surface area contributed by atoms with E-state index in [9.17, 15) is 26.3 Å². The molecule has 0 aliphatic rings. The number of pyridine rings is 1. The van der Waals surface area contributed by atoms with Crippen LogP contribution in [0.4, 0.5) is 37.8 Å². The summed E-state index contributed by atoms with van der Waals surface area (Å²) in [5.41, 5.74) is -0.838. The van der Waals surface area contributed by atoms with Crippen LogP contribution in [0.3, 0.4) is 0 Å². The number of alkyl halides is 6. The summed E-state index contributed by atoms with van der Waals surface area (Å²) in [4.78, 5) is 15.6. The van der Waals surface area contributed by atoms with Gasteiger partial charge in [0.1, 0.15) is 11.6 Å². The van der Waals surface area contributed by atoms with Crippen molar-refractivity contribution in [2.45, 2.75) is 58.4 Å². The van der Waals surface area contributed by atoms with Crippen LogP contribution < -0.4 is 5.32 Å². The van der Waals surface area contributed by atoms with Crippen LogP contribution in [-0.2, 0) is 18.9 Å². The molecule has 0 radical (unpaired) electrons. The van der Waals surface area contributed by atoms with Gasteiger partial charge in [0.05, 0.1) is 28.9 Å². The number of hydrogen-bond donors (Lipinski definition) is 1. The fourth-order valence-electron chi connectivity index (χ4n) is 4.47. The minimum absolute atomic E-state index is 0.216. The molecule has 0 aliphatic carbocycles. The molecule has 4 aromatic rings. The normalized spacial score (nSPS) is 12.3. The molecule has 1 N–H and O–H groups in total. The molecule has 2 aromatic carbocycles. The topological polar surface area (TPSA) is 53.9 Å². The summed E-state index contributed by atoms with van der Waals surface area (Å²) in [6.07, 6.45) is -3.77. The molecule has 0 unspecified atom stereocenters. The Kier molecular flexibility index (Phi) is 9.47. The van der Waals surface area contributed by atoms with Gasteiger partial charge >= 0.3 is 12.4 Å². The second kappa shape index (κ2) is 12.8. The summed E-state index contributed by atoms with van der Waals surface area (Å²) in [6, 6.07) is 11.4. The summed E-state index contributed by atoms with van der Waals surface area (Å²) in [7, 11) is 0. The number of hydrogen-bond acceptors (Lipinski definition) is 5. The molecule has 0 spiro atoms. The number of halogens is 6. The van der Waals surface area contributed by atoms with Gasteiger partial charge in [-0.25, -0.2) is 9.97 Å². The maximum absolute atomic E-state index is 13.7. The van der Waals surface area contributed by atoms with Crippen molar-refractivity contribution in [2.75, 3.05) is 18.4 Å². The van der Waals surface area contributed by atoms with E-state index in [1.54, 1.807) is 12.1 Å². The van der Waals surface area contributed by atoms with Crippen molar-refractivity contribution in [1.29, 1.82) is 0 Å². The van der Waals surface area contributed by atoms with Crippen LogP contribution >= 0.6 is 0 Å². The molecule has 5 nitrogen and oxygen atoms in total. The average Bonchev–Trinajstić information content (AvgIpc) is 2.93. The van der Waals surface area contributed by atoms with Gasteiger partial charge in [-0.05, 0) is 74.5 Å². The summed E-state index contributed by atoms with van der Waals surface area (Å²) >= 11 is 0. The molecule has 0 atom stereocenters. The maximum atomic E-state index is 13.7. The zero-order valence-electron chi connectivity index (χ0n) is 22.8. The molecule has 218 valence electrons. The summed E-state index contributed by atoms with van der Waals surface area (Å²) in [5, 5.41) is 3.60. The summed E-state index contributed by atoms with van der Waals surface area (Å²) in [5.74, 6) is 0.799. The predicted octanol–water partition coefficient (Wildman–Crippen LogP) is 8.88. The summed E-state index contributed by atoms with van der Waals surface area (Å²) in [6.45, 7) is 6.29. The van der Waals surface area contributed by atoms with Crippen LogP contribution in [0.15, 0.2) is 60.8 Å². The number of nitrogens with zero attached hydrogens (tertiary/aromatic N) is 4. The number of nitrogens with one attached hydrogen (secondary N) is 1. The zero-order valence-corrected chi connectivity index (χ0v) is 22.8. The SMILES string of the molecule is CCCCN(CCCC)Cc1nc(Nc2ccc(C(F)(F)F)cc2)c2ccc(-c3ncccc3C(F)(F)F)cc2n1. The van der Waals surface area contributed by atoms with E-state index >= 15 is 0 Å².